The molecule has 1 unspecified atom stereocenters. The van der Waals surface area contributed by atoms with Crippen LogP contribution in [-0.2, 0) is 55.3 Å². The van der Waals surface area contributed by atoms with E-state index in [1.54, 1.807) is 51.7 Å². The second-order valence-corrected chi connectivity index (χ2v) is 20.7. The van der Waals surface area contributed by atoms with Crippen LogP contribution in [0.1, 0.15) is 69.9 Å². The number of hydrogen-bond donors (Lipinski definition) is 5. The monoisotopic (exact) mass is 1060 g/mol. The van der Waals surface area contributed by atoms with E-state index in [2.05, 4.69) is 31.3 Å². The first-order valence-corrected chi connectivity index (χ1v) is 26.7. The Bertz CT molecular complexity index is 3110. The number of aryl methyl sites for hydroxylation is 1. The van der Waals surface area contributed by atoms with Crippen molar-refractivity contribution < 1.29 is 38.6 Å². The summed E-state index contributed by atoms with van der Waals surface area (Å²) in [5.41, 5.74) is 2.70. The summed E-state index contributed by atoms with van der Waals surface area (Å²) in [5, 5.41) is 28.2. The van der Waals surface area contributed by atoms with Crippen LogP contribution in [0.4, 0.5) is 10.5 Å². The number of rotatable bonds is 24. The Labute approximate surface area is 444 Å². The lowest BCUT2D eigenvalue weighted by Crippen LogP contribution is -2.49. The van der Waals surface area contributed by atoms with Gasteiger partial charge in [0, 0.05) is 75.1 Å². The molecule has 5 amide bonds. The molecule has 7 rings (SSSR count). The topological polar surface area (TPSA) is 250 Å². The van der Waals surface area contributed by atoms with Crippen molar-refractivity contribution in [2.24, 2.45) is 13.0 Å². The molecule has 21 heteroatoms. The molecule has 1 saturated heterocycles. The number of urea groups is 1. The zero-order valence-corrected chi connectivity index (χ0v) is 44.5. The van der Waals surface area contributed by atoms with Gasteiger partial charge in [0.2, 0.25) is 17.7 Å². The van der Waals surface area contributed by atoms with Gasteiger partial charge in [-0.2, -0.15) is 16.9 Å². The number of hydrogen-bond acceptors (Lipinski definition) is 13. The number of amides is 5. The number of pyridine rings is 1. The van der Waals surface area contributed by atoms with E-state index in [0.717, 1.165) is 16.7 Å². The van der Waals surface area contributed by atoms with Crippen LogP contribution in [0.2, 0.25) is 0 Å². The van der Waals surface area contributed by atoms with Crippen molar-refractivity contribution in [1.82, 2.24) is 44.7 Å². The number of methoxy groups -OCH3 is 1. The van der Waals surface area contributed by atoms with Gasteiger partial charge < -0.3 is 45.3 Å². The van der Waals surface area contributed by atoms with Gasteiger partial charge in [0.15, 0.2) is 5.52 Å². The minimum absolute atomic E-state index is 0.0323. The molecule has 404 valence electrons. The first-order valence-electron chi connectivity index (χ1n) is 25.6. The van der Waals surface area contributed by atoms with Gasteiger partial charge in [-0.15, -0.1) is 0 Å². The summed E-state index contributed by atoms with van der Waals surface area (Å²) in [5.74, 6) is -0.294. The maximum Gasteiger partial charge on any atom is 0.328 e. The molecule has 3 aromatic carbocycles. The van der Waals surface area contributed by atoms with Crippen LogP contribution in [0.5, 0.6) is 0 Å². The van der Waals surface area contributed by atoms with Crippen molar-refractivity contribution in [2.45, 2.75) is 90.1 Å². The lowest BCUT2D eigenvalue weighted by atomic mass is 9.90. The maximum absolute atomic E-state index is 13.7. The number of benzene rings is 3. The van der Waals surface area contributed by atoms with Crippen molar-refractivity contribution in [3.63, 3.8) is 0 Å². The number of ether oxygens (including phenoxy) is 2. The fraction of sp³-hybridized carbons (Fsp3) is 0.436. The van der Waals surface area contributed by atoms with Crippen LogP contribution in [-0.4, -0.2) is 127 Å². The predicted molar refractivity (Wildman–Crippen MR) is 292 cm³/mol. The number of thioether (sulfide) groups is 1. The van der Waals surface area contributed by atoms with Crippen molar-refractivity contribution in [1.29, 1.82) is 0 Å². The summed E-state index contributed by atoms with van der Waals surface area (Å²) in [6.45, 7) is 8.17. The fourth-order valence-electron chi connectivity index (χ4n) is 9.16. The highest BCUT2D eigenvalue weighted by Gasteiger charge is 2.35. The Hall–Kier alpha value is -7.36. The number of nitrogens with zero attached hydrogens (tertiary/aromatic N) is 6. The van der Waals surface area contributed by atoms with E-state index in [9.17, 15) is 38.7 Å². The number of aliphatic hydroxyl groups is 1. The number of piperidine rings is 1. The van der Waals surface area contributed by atoms with Gasteiger partial charge in [-0.25, -0.2) is 14.6 Å². The van der Waals surface area contributed by atoms with Crippen LogP contribution >= 0.6 is 11.8 Å². The van der Waals surface area contributed by atoms with Crippen LogP contribution in [0.3, 0.4) is 0 Å². The average Bonchev–Trinajstić information content (AvgIpc) is 3.76. The number of carbonyl (C=O) groups is 5. The largest absolute Gasteiger partial charge is 0.467 e. The molecule has 1 aliphatic rings. The molecule has 4 heterocycles. The Morgan fingerprint density at radius 3 is 2.26 bits per heavy atom. The number of likely N-dealkylation sites (tertiary alicyclic amines) is 1. The van der Waals surface area contributed by atoms with Crippen LogP contribution in [0, 0.1) is 5.92 Å². The van der Waals surface area contributed by atoms with Gasteiger partial charge in [-0.1, -0.05) is 93.6 Å². The molecule has 1 aliphatic heterocycles. The lowest BCUT2D eigenvalue weighted by Gasteiger charge is -2.38. The second kappa shape index (κ2) is 26.4. The minimum atomic E-state index is -1.18. The summed E-state index contributed by atoms with van der Waals surface area (Å²) in [7, 11) is 2.97. The molecule has 3 aromatic heterocycles. The summed E-state index contributed by atoms with van der Waals surface area (Å²) >= 11 is 1.29. The van der Waals surface area contributed by atoms with E-state index in [1.165, 1.54) is 29.8 Å². The van der Waals surface area contributed by atoms with E-state index in [4.69, 9.17) is 9.47 Å². The number of anilines is 1. The Kier molecular flexibility index (Phi) is 19.6. The smallest absolute Gasteiger partial charge is 0.328 e. The van der Waals surface area contributed by atoms with E-state index in [-0.39, 0.29) is 97.6 Å². The quantitative estimate of drug-likeness (QED) is 0.0399. The Balaban J connectivity index is 0.776. The third kappa shape index (κ3) is 14.9. The van der Waals surface area contributed by atoms with E-state index in [0.29, 0.717) is 72.3 Å². The molecule has 0 radical (unpaired) electrons. The summed E-state index contributed by atoms with van der Waals surface area (Å²) in [6, 6.07) is 22.8. The first kappa shape index (κ1) is 56.4. The number of carbonyl (C=O) groups excluding carboxylic acids is 5. The van der Waals surface area contributed by atoms with Gasteiger partial charge in [0.25, 0.3) is 11.1 Å². The Morgan fingerprint density at radius 2 is 1.55 bits per heavy atom. The zero-order chi connectivity index (χ0) is 54.4. The molecular formula is C55H68N10O10S. The van der Waals surface area contributed by atoms with Crippen molar-refractivity contribution in [2.75, 3.05) is 56.8 Å². The maximum atomic E-state index is 13.7. The van der Waals surface area contributed by atoms with Gasteiger partial charge in [-0.3, -0.25) is 33.2 Å². The van der Waals surface area contributed by atoms with Crippen molar-refractivity contribution >= 4 is 69.0 Å². The molecule has 5 N–H and O–H groups in total. The number of fused-ring (bicyclic) bond motifs is 2. The highest BCUT2D eigenvalue weighted by atomic mass is 32.2. The van der Waals surface area contributed by atoms with E-state index < -0.39 is 23.6 Å². The number of aromatic nitrogens is 5. The van der Waals surface area contributed by atoms with Gasteiger partial charge >= 0.3 is 12.0 Å². The fourth-order valence-corrected chi connectivity index (χ4v) is 10.00. The molecular weight excluding hydrogens is 993 g/mol. The summed E-state index contributed by atoms with van der Waals surface area (Å²) < 4.78 is 15.1. The lowest BCUT2D eigenvalue weighted by molar-refractivity contribution is -0.143. The normalized spacial score (nSPS) is 14.1. The first-order chi connectivity index (χ1) is 36.5. The van der Waals surface area contributed by atoms with Gasteiger partial charge in [-0.05, 0) is 54.0 Å². The number of esters is 1. The molecule has 76 heavy (non-hydrogen) atoms. The van der Waals surface area contributed by atoms with Gasteiger partial charge in [0.1, 0.15) is 11.6 Å². The highest BCUT2D eigenvalue weighted by Crippen LogP contribution is 2.29. The molecule has 6 aromatic rings. The summed E-state index contributed by atoms with van der Waals surface area (Å²) in [4.78, 5) is 97.0. The van der Waals surface area contributed by atoms with Crippen molar-refractivity contribution in [3.05, 3.63) is 123 Å². The average molecular weight is 1060 g/mol. The highest BCUT2D eigenvalue weighted by molar-refractivity contribution is 7.99. The third-order valence-corrected chi connectivity index (χ3v) is 14.3. The molecule has 2 atom stereocenters. The number of nitrogens with one attached hydrogen (secondary N) is 4. The van der Waals surface area contributed by atoms with Crippen molar-refractivity contribution in [3.8, 4) is 11.3 Å². The molecule has 1 fully saturated rings. The molecule has 0 spiro atoms. The zero-order valence-electron chi connectivity index (χ0n) is 43.7. The van der Waals surface area contributed by atoms with Crippen LogP contribution in [0.25, 0.3) is 33.1 Å². The standard InChI is InChI=1S/C55H68N10O10S/c1-36(2)31-64-32-44(41-13-9-10-14-42(41)51(64)69)60-54(72)59-43(53(71)74-5)20-28-76-33-46(67)56-23-27-75-26-19-45(66)57-30-38-15-17-40(18-16-38)50-48-49(61-62(50)4)52(70)65(35-58-48)34-55(73)21-24-63(25-22-55)47(68)29-37(3)39-11-7-6-8-12-39/h6-18,32,35-37,43,73H,19-31,33-34H2,1-5H3,(H,56,67)(H,57,66)(H2,59,60,72)/t37-,43?/m1/s1. The molecule has 0 aliphatic carbocycles. The Morgan fingerprint density at radius 1 is 0.842 bits per heavy atom. The third-order valence-electron chi connectivity index (χ3n) is 13.3. The van der Waals surface area contributed by atoms with Crippen LogP contribution < -0.4 is 32.4 Å². The van der Waals surface area contributed by atoms with E-state index >= 15 is 0 Å². The SMILES string of the molecule is COC(=O)C(CCSCC(=O)NCCOCCC(=O)NCc1ccc(-c2c3ncn(CC4(O)CCN(C(=O)C[C@@H](C)c5ccccc5)CC4)c(=O)c3nn2C)cc1)NC(=O)Nc1cn(CC(C)C)c(=O)c2ccccc12. The van der Waals surface area contributed by atoms with Gasteiger partial charge in [0.05, 0.1) is 55.9 Å². The molecule has 0 bridgehead atoms. The second-order valence-electron chi connectivity index (χ2n) is 19.6. The minimum Gasteiger partial charge on any atom is -0.467 e. The predicted octanol–water partition coefficient (Wildman–Crippen LogP) is 4.94. The van der Waals surface area contributed by atoms with E-state index in [1.807, 2.05) is 75.4 Å². The molecule has 20 nitrogen and oxygen atoms in total. The summed E-state index contributed by atoms with van der Waals surface area (Å²) in [6.07, 6.45) is 4.41. The molecule has 0 saturated carbocycles. The van der Waals surface area contributed by atoms with Crippen LogP contribution in [0.15, 0.2) is 101 Å².